The summed E-state index contributed by atoms with van der Waals surface area (Å²) in [5, 5.41) is 2.99. The van der Waals surface area contributed by atoms with Gasteiger partial charge in [-0.25, -0.2) is 0 Å². The van der Waals surface area contributed by atoms with Crippen molar-refractivity contribution in [2.45, 2.75) is 26.3 Å². The maximum atomic E-state index is 11.9. The molecule has 0 heterocycles. The Balaban J connectivity index is 2.58. The fraction of sp³-hybridized carbons (Fsp3) is 0.533. The number of benzene rings is 1. The molecule has 0 saturated carbocycles. The zero-order chi connectivity index (χ0) is 14.3. The van der Waals surface area contributed by atoms with Crippen LogP contribution in [0.25, 0.3) is 0 Å². The van der Waals surface area contributed by atoms with Gasteiger partial charge in [-0.05, 0) is 44.6 Å². The lowest BCUT2D eigenvalue weighted by atomic mass is 10.1. The Morgan fingerprint density at radius 3 is 2.68 bits per heavy atom. The molecule has 0 radical (unpaired) electrons. The van der Waals surface area contributed by atoms with Gasteiger partial charge in [-0.15, -0.1) is 0 Å². The van der Waals surface area contributed by atoms with Gasteiger partial charge in [0.1, 0.15) is 0 Å². The van der Waals surface area contributed by atoms with Gasteiger partial charge in [0.05, 0.1) is 0 Å². The first-order valence-electron chi connectivity index (χ1n) is 6.75. The van der Waals surface area contributed by atoms with Crippen LogP contribution < -0.4 is 11.1 Å². The molecule has 0 aliphatic rings. The second-order valence-corrected chi connectivity index (χ2v) is 5.32. The van der Waals surface area contributed by atoms with E-state index in [9.17, 15) is 4.79 Å². The largest absolute Gasteiger partial charge is 0.330 e. The highest BCUT2D eigenvalue weighted by Crippen LogP contribution is 2.17. The van der Waals surface area contributed by atoms with Crippen LogP contribution in [0.2, 0.25) is 0 Å². The SMILES string of the molecule is CC(CN)CCC(=O)Nc1ccccc1CN(C)C. The number of nitrogens with one attached hydrogen (secondary N) is 1. The highest BCUT2D eigenvalue weighted by molar-refractivity contribution is 5.91. The summed E-state index contributed by atoms with van der Waals surface area (Å²) in [6.45, 7) is 3.51. The molecule has 0 saturated heterocycles. The molecule has 0 aliphatic heterocycles. The first-order valence-corrected chi connectivity index (χ1v) is 6.75. The molecular weight excluding hydrogens is 238 g/mol. The van der Waals surface area contributed by atoms with Crippen LogP contribution in [0.15, 0.2) is 24.3 Å². The van der Waals surface area contributed by atoms with E-state index in [-0.39, 0.29) is 5.91 Å². The molecule has 1 atom stereocenters. The summed E-state index contributed by atoms with van der Waals surface area (Å²) in [6, 6.07) is 7.92. The van der Waals surface area contributed by atoms with Crippen molar-refractivity contribution in [3.8, 4) is 0 Å². The van der Waals surface area contributed by atoms with Crippen molar-refractivity contribution in [1.29, 1.82) is 0 Å². The quantitative estimate of drug-likeness (QED) is 0.791. The van der Waals surface area contributed by atoms with E-state index < -0.39 is 0 Å². The Kier molecular flexibility index (Phi) is 6.53. The predicted molar refractivity (Wildman–Crippen MR) is 79.9 cm³/mol. The summed E-state index contributed by atoms with van der Waals surface area (Å²) in [4.78, 5) is 14.0. The van der Waals surface area contributed by atoms with Crippen molar-refractivity contribution in [3.05, 3.63) is 29.8 Å². The van der Waals surface area contributed by atoms with Crippen molar-refractivity contribution in [2.24, 2.45) is 11.7 Å². The van der Waals surface area contributed by atoms with Crippen LogP contribution in [-0.4, -0.2) is 31.4 Å². The van der Waals surface area contributed by atoms with Crippen LogP contribution in [0, 0.1) is 5.92 Å². The molecule has 0 aliphatic carbocycles. The van der Waals surface area contributed by atoms with Crippen LogP contribution in [0.4, 0.5) is 5.69 Å². The molecule has 1 unspecified atom stereocenters. The first kappa shape index (κ1) is 15.7. The minimum atomic E-state index is 0.0616. The molecule has 3 N–H and O–H groups in total. The van der Waals surface area contributed by atoms with Gasteiger partial charge >= 0.3 is 0 Å². The Hall–Kier alpha value is -1.39. The summed E-state index contributed by atoms with van der Waals surface area (Å²) >= 11 is 0. The van der Waals surface area contributed by atoms with Gasteiger partial charge in [0.15, 0.2) is 0 Å². The zero-order valence-electron chi connectivity index (χ0n) is 12.1. The van der Waals surface area contributed by atoms with Gasteiger partial charge in [0.25, 0.3) is 0 Å². The highest BCUT2D eigenvalue weighted by atomic mass is 16.1. The lowest BCUT2D eigenvalue weighted by Gasteiger charge is -2.15. The van der Waals surface area contributed by atoms with Crippen molar-refractivity contribution in [2.75, 3.05) is 26.0 Å². The summed E-state index contributed by atoms with van der Waals surface area (Å²) < 4.78 is 0. The van der Waals surface area contributed by atoms with Crippen LogP contribution in [0.5, 0.6) is 0 Å². The minimum absolute atomic E-state index is 0.0616. The van der Waals surface area contributed by atoms with Crippen molar-refractivity contribution >= 4 is 11.6 Å². The van der Waals surface area contributed by atoms with Crippen LogP contribution in [0.3, 0.4) is 0 Å². The van der Waals surface area contributed by atoms with E-state index in [1.165, 1.54) is 0 Å². The molecule has 0 aromatic heterocycles. The number of hydrogen-bond donors (Lipinski definition) is 2. The second kappa shape index (κ2) is 7.92. The van der Waals surface area contributed by atoms with Gasteiger partial charge in [-0.1, -0.05) is 25.1 Å². The van der Waals surface area contributed by atoms with Crippen molar-refractivity contribution in [3.63, 3.8) is 0 Å². The van der Waals surface area contributed by atoms with Crippen LogP contribution in [0.1, 0.15) is 25.3 Å². The smallest absolute Gasteiger partial charge is 0.224 e. The number of nitrogens with zero attached hydrogens (tertiary/aromatic N) is 1. The predicted octanol–water partition coefficient (Wildman–Crippen LogP) is 2.06. The molecule has 19 heavy (non-hydrogen) atoms. The van der Waals surface area contributed by atoms with Crippen LogP contribution >= 0.6 is 0 Å². The fourth-order valence-corrected chi connectivity index (χ4v) is 1.83. The van der Waals surface area contributed by atoms with E-state index in [2.05, 4.69) is 17.1 Å². The number of carbonyl (C=O) groups is 1. The van der Waals surface area contributed by atoms with E-state index >= 15 is 0 Å². The Bertz CT molecular complexity index is 404. The van der Waals surface area contributed by atoms with Gasteiger partial charge in [-0.3, -0.25) is 4.79 Å². The lowest BCUT2D eigenvalue weighted by molar-refractivity contribution is -0.116. The average molecular weight is 263 g/mol. The number of rotatable bonds is 7. The van der Waals surface area contributed by atoms with E-state index in [1.54, 1.807) is 0 Å². The molecule has 106 valence electrons. The molecule has 4 nitrogen and oxygen atoms in total. The fourth-order valence-electron chi connectivity index (χ4n) is 1.83. The van der Waals surface area contributed by atoms with Gasteiger partial charge in [0.2, 0.25) is 5.91 Å². The maximum absolute atomic E-state index is 11.9. The monoisotopic (exact) mass is 263 g/mol. The summed E-state index contributed by atoms with van der Waals surface area (Å²) in [5.74, 6) is 0.453. The summed E-state index contributed by atoms with van der Waals surface area (Å²) in [6.07, 6.45) is 1.35. The van der Waals surface area contributed by atoms with Gasteiger partial charge in [-0.2, -0.15) is 0 Å². The number of hydrogen-bond acceptors (Lipinski definition) is 3. The van der Waals surface area contributed by atoms with E-state index in [0.29, 0.717) is 18.9 Å². The highest BCUT2D eigenvalue weighted by Gasteiger charge is 2.08. The Labute approximate surface area is 116 Å². The number of amides is 1. The third-order valence-corrected chi connectivity index (χ3v) is 3.04. The Morgan fingerprint density at radius 2 is 2.05 bits per heavy atom. The van der Waals surface area contributed by atoms with Gasteiger partial charge in [0, 0.05) is 18.7 Å². The molecule has 0 bridgehead atoms. The van der Waals surface area contributed by atoms with E-state index in [0.717, 1.165) is 24.2 Å². The molecule has 1 rings (SSSR count). The van der Waals surface area contributed by atoms with E-state index in [1.807, 2.05) is 38.4 Å². The topological polar surface area (TPSA) is 58.4 Å². The summed E-state index contributed by atoms with van der Waals surface area (Å²) in [5.41, 5.74) is 7.59. The average Bonchev–Trinajstić information content (AvgIpc) is 2.37. The van der Waals surface area contributed by atoms with E-state index in [4.69, 9.17) is 5.73 Å². The number of nitrogens with two attached hydrogens (primary N) is 1. The molecule has 1 aromatic rings. The normalized spacial score (nSPS) is 12.5. The molecule has 0 fully saturated rings. The molecule has 4 heteroatoms. The maximum Gasteiger partial charge on any atom is 0.224 e. The van der Waals surface area contributed by atoms with Gasteiger partial charge < -0.3 is 16.0 Å². The standard InChI is InChI=1S/C15H25N3O/c1-12(10-16)8-9-15(19)17-14-7-5-4-6-13(14)11-18(2)3/h4-7,12H,8-11,16H2,1-3H3,(H,17,19). The third kappa shape index (κ3) is 5.85. The molecular formula is C15H25N3O. The summed E-state index contributed by atoms with van der Waals surface area (Å²) in [7, 11) is 4.03. The second-order valence-electron chi connectivity index (χ2n) is 5.32. The van der Waals surface area contributed by atoms with Crippen LogP contribution in [-0.2, 0) is 11.3 Å². The van der Waals surface area contributed by atoms with Crippen molar-refractivity contribution in [1.82, 2.24) is 4.90 Å². The Morgan fingerprint density at radius 1 is 1.37 bits per heavy atom. The molecule has 0 spiro atoms. The lowest BCUT2D eigenvalue weighted by Crippen LogP contribution is -2.18. The minimum Gasteiger partial charge on any atom is -0.330 e. The molecule has 1 amide bonds. The third-order valence-electron chi connectivity index (χ3n) is 3.04. The zero-order valence-corrected chi connectivity index (χ0v) is 12.1. The first-order chi connectivity index (χ1) is 9.02. The number of para-hydroxylation sites is 1. The molecule has 1 aromatic carbocycles. The number of carbonyl (C=O) groups excluding carboxylic acids is 1. The van der Waals surface area contributed by atoms with Crippen molar-refractivity contribution < 1.29 is 4.79 Å². The number of anilines is 1.